The topological polar surface area (TPSA) is 61.4 Å². The Hall–Kier alpha value is -1.07. The molecule has 1 unspecified atom stereocenters. The number of carbonyl (C=O) groups is 1. The molecule has 1 aromatic rings. The summed E-state index contributed by atoms with van der Waals surface area (Å²) in [7, 11) is 0. The molecule has 1 atom stereocenters. The summed E-state index contributed by atoms with van der Waals surface area (Å²) in [6, 6.07) is 3.81. The Morgan fingerprint density at radius 2 is 2.39 bits per heavy atom. The Balaban J connectivity index is 2.29. The average Bonchev–Trinajstić information content (AvgIpc) is 2.80. The summed E-state index contributed by atoms with van der Waals surface area (Å²) < 4.78 is 0.915. The van der Waals surface area contributed by atoms with Crippen LogP contribution in [0.1, 0.15) is 25.3 Å². The van der Waals surface area contributed by atoms with E-state index in [0.29, 0.717) is 11.7 Å². The zero-order valence-corrected chi connectivity index (χ0v) is 11.9. The van der Waals surface area contributed by atoms with E-state index >= 15 is 0 Å². The molecule has 1 fully saturated rings. The van der Waals surface area contributed by atoms with Gasteiger partial charge in [0.25, 0.3) is 0 Å². The number of phenolic OH excluding ortho intramolecular Hbond substituents is 1. The molecule has 1 heterocycles. The Labute approximate surface area is 115 Å². The number of halogens is 1. The van der Waals surface area contributed by atoms with Crippen molar-refractivity contribution in [2.24, 2.45) is 0 Å². The van der Waals surface area contributed by atoms with Gasteiger partial charge in [-0.05, 0) is 43.5 Å². The van der Waals surface area contributed by atoms with Gasteiger partial charge in [-0.3, -0.25) is 4.79 Å². The molecule has 98 valence electrons. The minimum atomic E-state index is -0.177. The van der Waals surface area contributed by atoms with Gasteiger partial charge in [-0.2, -0.15) is 0 Å². The molecule has 0 spiro atoms. The van der Waals surface area contributed by atoms with E-state index in [9.17, 15) is 9.90 Å². The molecule has 3 N–H and O–H groups in total. The summed E-state index contributed by atoms with van der Waals surface area (Å²) in [6.07, 6.45) is 3.10. The van der Waals surface area contributed by atoms with Gasteiger partial charge >= 0.3 is 0 Å². The highest BCUT2D eigenvalue weighted by atomic mass is 79.9. The van der Waals surface area contributed by atoms with E-state index in [1.54, 1.807) is 6.07 Å². The number of aromatic hydroxyl groups is 1. The number of nitrogens with one attached hydrogen (secondary N) is 2. The van der Waals surface area contributed by atoms with Gasteiger partial charge in [0.1, 0.15) is 5.75 Å². The van der Waals surface area contributed by atoms with Crippen molar-refractivity contribution in [3.63, 3.8) is 0 Å². The molecule has 1 aliphatic heterocycles. The summed E-state index contributed by atoms with van der Waals surface area (Å²) >= 11 is 3.49. The van der Waals surface area contributed by atoms with Gasteiger partial charge in [-0.15, -0.1) is 0 Å². The van der Waals surface area contributed by atoms with Gasteiger partial charge in [0.05, 0.1) is 5.69 Å². The molecule has 18 heavy (non-hydrogen) atoms. The molecule has 4 nitrogen and oxygen atoms in total. The average molecular weight is 313 g/mol. The number of amides is 1. The first-order chi connectivity index (χ1) is 8.58. The number of rotatable bonds is 3. The van der Waals surface area contributed by atoms with Crippen LogP contribution in [0.5, 0.6) is 5.75 Å². The maximum atomic E-state index is 11.2. The second-order valence-corrected chi connectivity index (χ2v) is 5.45. The van der Waals surface area contributed by atoms with Gasteiger partial charge in [-0.1, -0.05) is 15.9 Å². The molecule has 1 saturated heterocycles. The highest BCUT2D eigenvalue weighted by Crippen LogP contribution is 2.34. The first-order valence-electron chi connectivity index (χ1n) is 6.09. The van der Waals surface area contributed by atoms with Crippen molar-refractivity contribution in [2.45, 2.75) is 32.2 Å². The summed E-state index contributed by atoms with van der Waals surface area (Å²) in [4.78, 5) is 11.2. The van der Waals surface area contributed by atoms with Gasteiger partial charge in [0, 0.05) is 17.4 Å². The predicted octanol–water partition coefficient (Wildman–Crippen LogP) is 2.41. The Morgan fingerprint density at radius 3 is 3.00 bits per heavy atom. The molecule has 1 aliphatic rings. The number of carbonyl (C=O) groups excluding carboxylic acids is 1. The lowest BCUT2D eigenvalue weighted by atomic mass is 10.0. The van der Waals surface area contributed by atoms with Gasteiger partial charge in [-0.25, -0.2) is 0 Å². The van der Waals surface area contributed by atoms with Crippen LogP contribution in [0.25, 0.3) is 0 Å². The van der Waals surface area contributed by atoms with E-state index < -0.39 is 0 Å². The lowest BCUT2D eigenvalue weighted by Crippen LogP contribution is -2.24. The van der Waals surface area contributed by atoms with E-state index in [2.05, 4.69) is 26.6 Å². The molecule has 0 aromatic heterocycles. The first kappa shape index (κ1) is 13.4. The van der Waals surface area contributed by atoms with Crippen molar-refractivity contribution in [1.29, 1.82) is 0 Å². The molecule has 0 aliphatic carbocycles. The fraction of sp³-hybridized carbons (Fsp3) is 0.462. The van der Waals surface area contributed by atoms with E-state index in [1.165, 1.54) is 13.3 Å². The summed E-state index contributed by atoms with van der Waals surface area (Å²) in [5.74, 6) is -0.0644. The quantitative estimate of drug-likeness (QED) is 0.751. The highest BCUT2D eigenvalue weighted by molar-refractivity contribution is 9.10. The molecular formula is C13H17BrN2O2. The van der Waals surface area contributed by atoms with E-state index in [0.717, 1.165) is 29.4 Å². The van der Waals surface area contributed by atoms with Crippen LogP contribution in [-0.2, 0) is 11.2 Å². The van der Waals surface area contributed by atoms with Crippen molar-refractivity contribution in [3.8, 4) is 5.75 Å². The lowest BCUT2D eigenvalue weighted by Gasteiger charge is -2.17. The minimum Gasteiger partial charge on any atom is -0.506 e. The van der Waals surface area contributed by atoms with Crippen molar-refractivity contribution in [3.05, 3.63) is 22.2 Å². The van der Waals surface area contributed by atoms with E-state index in [4.69, 9.17) is 0 Å². The number of anilines is 1. The minimum absolute atomic E-state index is 0.112. The maximum Gasteiger partial charge on any atom is 0.221 e. The van der Waals surface area contributed by atoms with Crippen molar-refractivity contribution >= 4 is 27.5 Å². The van der Waals surface area contributed by atoms with Crippen LogP contribution < -0.4 is 10.6 Å². The predicted molar refractivity (Wildman–Crippen MR) is 74.8 cm³/mol. The van der Waals surface area contributed by atoms with Crippen LogP contribution in [0.15, 0.2) is 16.6 Å². The van der Waals surface area contributed by atoms with Crippen molar-refractivity contribution in [1.82, 2.24) is 5.32 Å². The molecule has 1 amide bonds. The molecule has 5 heteroatoms. The maximum absolute atomic E-state index is 11.2. The number of hydrogen-bond donors (Lipinski definition) is 3. The largest absolute Gasteiger partial charge is 0.506 e. The summed E-state index contributed by atoms with van der Waals surface area (Å²) in [5.41, 5.74) is 1.47. The summed E-state index contributed by atoms with van der Waals surface area (Å²) in [6.45, 7) is 2.48. The fourth-order valence-electron chi connectivity index (χ4n) is 2.30. The zero-order valence-electron chi connectivity index (χ0n) is 10.3. The molecule has 2 rings (SSSR count). The fourth-order valence-corrected chi connectivity index (χ4v) is 2.79. The van der Waals surface area contributed by atoms with Gasteiger partial charge in [0.2, 0.25) is 5.91 Å². The molecule has 1 aromatic carbocycles. The normalized spacial score (nSPS) is 18.9. The zero-order chi connectivity index (χ0) is 13.1. The van der Waals surface area contributed by atoms with Gasteiger partial charge < -0.3 is 15.7 Å². The van der Waals surface area contributed by atoms with Crippen molar-refractivity contribution < 1.29 is 9.90 Å². The number of benzene rings is 1. The van der Waals surface area contributed by atoms with Crippen LogP contribution in [0.2, 0.25) is 0 Å². The molecule has 0 radical (unpaired) electrons. The third kappa shape index (κ3) is 3.03. The SMILES string of the molecule is CC(=O)Nc1c(O)ccc(Br)c1CC1CCCN1. The van der Waals surface area contributed by atoms with Crippen LogP contribution >= 0.6 is 15.9 Å². The summed E-state index contributed by atoms with van der Waals surface area (Å²) in [5, 5.41) is 16.0. The number of hydrogen-bond acceptors (Lipinski definition) is 3. The highest BCUT2D eigenvalue weighted by Gasteiger charge is 2.20. The molecule has 0 saturated carbocycles. The molecule has 0 bridgehead atoms. The third-order valence-corrected chi connectivity index (χ3v) is 3.89. The Bertz CT molecular complexity index is 457. The smallest absolute Gasteiger partial charge is 0.221 e. The van der Waals surface area contributed by atoms with Crippen molar-refractivity contribution in [2.75, 3.05) is 11.9 Å². The van der Waals surface area contributed by atoms with Crippen LogP contribution in [0.4, 0.5) is 5.69 Å². The molecular weight excluding hydrogens is 296 g/mol. The van der Waals surface area contributed by atoms with Crippen LogP contribution in [-0.4, -0.2) is 23.6 Å². The van der Waals surface area contributed by atoms with Crippen LogP contribution in [0.3, 0.4) is 0 Å². The first-order valence-corrected chi connectivity index (χ1v) is 6.88. The van der Waals surface area contributed by atoms with Crippen LogP contribution in [0, 0.1) is 0 Å². The second kappa shape index (κ2) is 5.71. The Morgan fingerprint density at radius 1 is 1.61 bits per heavy atom. The van der Waals surface area contributed by atoms with E-state index in [-0.39, 0.29) is 11.7 Å². The van der Waals surface area contributed by atoms with Gasteiger partial charge in [0.15, 0.2) is 0 Å². The standard InChI is InChI=1S/C13H17BrN2O2/c1-8(17)16-13-10(7-9-3-2-6-15-9)11(14)4-5-12(13)18/h4-5,9,15,18H,2-3,6-7H2,1H3,(H,16,17). The third-order valence-electron chi connectivity index (χ3n) is 3.15. The second-order valence-electron chi connectivity index (χ2n) is 4.60. The Kier molecular flexibility index (Phi) is 4.24. The number of phenols is 1. The van der Waals surface area contributed by atoms with E-state index in [1.807, 2.05) is 6.07 Å². The monoisotopic (exact) mass is 312 g/mol. The lowest BCUT2D eigenvalue weighted by molar-refractivity contribution is -0.114.